The fraction of sp³-hybridized carbons (Fsp3) is 1.00. The summed E-state index contributed by atoms with van der Waals surface area (Å²) in [5, 5.41) is 12.5. The van der Waals surface area contributed by atoms with Crippen LogP contribution in [0.25, 0.3) is 0 Å². The van der Waals surface area contributed by atoms with Gasteiger partial charge in [-0.3, -0.25) is 4.90 Å². The molecule has 0 aliphatic carbocycles. The third-order valence-corrected chi connectivity index (χ3v) is 3.15. The lowest BCUT2D eigenvalue weighted by molar-refractivity contribution is 0.172. The Morgan fingerprint density at radius 3 is 2.80 bits per heavy atom. The highest BCUT2D eigenvalue weighted by Crippen LogP contribution is 2.12. The smallest absolute Gasteiger partial charge is 0.0446 e. The van der Waals surface area contributed by atoms with Gasteiger partial charge in [0.1, 0.15) is 0 Å². The van der Waals surface area contributed by atoms with Gasteiger partial charge in [0.15, 0.2) is 0 Å². The number of hydrogen-bond acceptors (Lipinski definition) is 3. The zero-order valence-electron chi connectivity index (χ0n) is 10.4. The second-order valence-electron chi connectivity index (χ2n) is 5.15. The Balaban J connectivity index is 2.48. The lowest BCUT2D eigenvalue weighted by atomic mass is 10.1. The molecule has 1 heterocycles. The van der Waals surface area contributed by atoms with Gasteiger partial charge in [-0.25, -0.2) is 0 Å². The predicted octanol–water partition coefficient (Wildman–Crippen LogP) is 1.08. The topological polar surface area (TPSA) is 35.5 Å². The first-order valence-corrected chi connectivity index (χ1v) is 6.21. The summed E-state index contributed by atoms with van der Waals surface area (Å²) in [6.07, 6.45) is 2.09. The first kappa shape index (κ1) is 12.9. The highest BCUT2D eigenvalue weighted by atomic mass is 16.3. The molecule has 1 aliphatic heterocycles. The van der Waals surface area contributed by atoms with E-state index in [0.717, 1.165) is 25.4 Å². The van der Waals surface area contributed by atoms with Crippen LogP contribution in [0.4, 0.5) is 0 Å². The van der Waals surface area contributed by atoms with E-state index in [1.165, 1.54) is 13.0 Å². The van der Waals surface area contributed by atoms with Crippen molar-refractivity contribution in [3.05, 3.63) is 0 Å². The van der Waals surface area contributed by atoms with E-state index in [4.69, 9.17) is 5.11 Å². The fourth-order valence-corrected chi connectivity index (χ4v) is 2.28. The van der Waals surface area contributed by atoms with Crippen molar-refractivity contribution in [2.75, 3.05) is 26.2 Å². The molecule has 1 fully saturated rings. The Bertz CT molecular complexity index is 173. The summed E-state index contributed by atoms with van der Waals surface area (Å²) >= 11 is 0. The van der Waals surface area contributed by atoms with Gasteiger partial charge in [-0.05, 0) is 32.2 Å². The molecule has 1 saturated heterocycles. The highest BCUT2D eigenvalue weighted by Gasteiger charge is 2.22. The van der Waals surface area contributed by atoms with Gasteiger partial charge in [-0.1, -0.05) is 13.8 Å². The lowest BCUT2D eigenvalue weighted by Gasteiger charge is -2.30. The van der Waals surface area contributed by atoms with Gasteiger partial charge in [0.25, 0.3) is 0 Å². The summed E-state index contributed by atoms with van der Waals surface area (Å²) in [6, 6.07) is 1.14. The molecule has 1 rings (SSSR count). The minimum atomic E-state index is 0.293. The molecular formula is C12H26N2O. The van der Waals surface area contributed by atoms with Gasteiger partial charge >= 0.3 is 0 Å². The Hall–Kier alpha value is -0.120. The Labute approximate surface area is 93.9 Å². The van der Waals surface area contributed by atoms with E-state index in [1.807, 2.05) is 0 Å². The maximum atomic E-state index is 8.99. The Kier molecular flexibility index (Phi) is 5.58. The highest BCUT2D eigenvalue weighted by molar-refractivity contribution is 4.81. The van der Waals surface area contributed by atoms with Crippen molar-refractivity contribution in [3.63, 3.8) is 0 Å². The maximum absolute atomic E-state index is 8.99. The largest absolute Gasteiger partial charge is 0.396 e. The second kappa shape index (κ2) is 6.46. The molecule has 0 spiro atoms. The summed E-state index contributed by atoms with van der Waals surface area (Å²) in [5.74, 6) is 0.723. The van der Waals surface area contributed by atoms with Crippen molar-refractivity contribution in [2.24, 2.45) is 5.92 Å². The number of nitrogens with one attached hydrogen (secondary N) is 1. The second-order valence-corrected chi connectivity index (χ2v) is 5.15. The molecule has 90 valence electrons. The van der Waals surface area contributed by atoms with E-state index in [-0.39, 0.29) is 0 Å². The third kappa shape index (κ3) is 4.49. The van der Waals surface area contributed by atoms with E-state index >= 15 is 0 Å². The molecule has 3 heteroatoms. The van der Waals surface area contributed by atoms with E-state index in [9.17, 15) is 0 Å². The first-order valence-electron chi connectivity index (χ1n) is 6.21. The third-order valence-electron chi connectivity index (χ3n) is 3.15. The number of hydrogen-bond donors (Lipinski definition) is 2. The Morgan fingerprint density at radius 1 is 1.47 bits per heavy atom. The van der Waals surface area contributed by atoms with Crippen LogP contribution in [-0.4, -0.2) is 48.3 Å². The minimum absolute atomic E-state index is 0.293. The number of aliphatic hydroxyl groups is 1. The zero-order chi connectivity index (χ0) is 11.3. The van der Waals surface area contributed by atoms with E-state index < -0.39 is 0 Å². The van der Waals surface area contributed by atoms with Gasteiger partial charge in [0, 0.05) is 31.8 Å². The van der Waals surface area contributed by atoms with Crippen molar-refractivity contribution >= 4 is 0 Å². The average Bonchev–Trinajstić information content (AvgIpc) is 2.30. The molecular weight excluding hydrogens is 188 g/mol. The average molecular weight is 214 g/mol. The monoisotopic (exact) mass is 214 g/mol. The van der Waals surface area contributed by atoms with Crippen molar-refractivity contribution < 1.29 is 5.11 Å². The van der Waals surface area contributed by atoms with Crippen LogP contribution in [0.2, 0.25) is 0 Å². The van der Waals surface area contributed by atoms with E-state index in [2.05, 4.69) is 31.0 Å². The molecule has 0 aromatic rings. The molecule has 2 atom stereocenters. The summed E-state index contributed by atoms with van der Waals surface area (Å²) in [4.78, 5) is 2.56. The normalized spacial score (nSPS) is 29.4. The molecule has 2 N–H and O–H groups in total. The van der Waals surface area contributed by atoms with Crippen LogP contribution in [0.5, 0.6) is 0 Å². The summed E-state index contributed by atoms with van der Waals surface area (Å²) < 4.78 is 0. The Morgan fingerprint density at radius 2 is 2.20 bits per heavy atom. The van der Waals surface area contributed by atoms with Gasteiger partial charge in [0.05, 0.1) is 0 Å². The van der Waals surface area contributed by atoms with Crippen LogP contribution in [0, 0.1) is 5.92 Å². The van der Waals surface area contributed by atoms with Gasteiger partial charge in [-0.2, -0.15) is 0 Å². The first-order chi connectivity index (χ1) is 7.13. The van der Waals surface area contributed by atoms with Crippen LogP contribution in [0.15, 0.2) is 0 Å². The minimum Gasteiger partial charge on any atom is -0.396 e. The van der Waals surface area contributed by atoms with Crippen LogP contribution in [-0.2, 0) is 0 Å². The number of nitrogens with zero attached hydrogens (tertiary/aromatic N) is 1. The van der Waals surface area contributed by atoms with Crippen molar-refractivity contribution in [2.45, 2.75) is 45.7 Å². The molecule has 0 bridgehead atoms. The van der Waals surface area contributed by atoms with Crippen molar-refractivity contribution in [1.82, 2.24) is 10.2 Å². The molecule has 0 aromatic heterocycles. The summed E-state index contributed by atoms with van der Waals surface area (Å²) in [5.41, 5.74) is 0. The van der Waals surface area contributed by atoms with Crippen LogP contribution >= 0.6 is 0 Å². The van der Waals surface area contributed by atoms with Crippen LogP contribution < -0.4 is 5.32 Å². The molecule has 1 aliphatic rings. The molecule has 0 aromatic carbocycles. The fourth-order valence-electron chi connectivity index (χ4n) is 2.28. The zero-order valence-corrected chi connectivity index (χ0v) is 10.4. The SMILES string of the molecule is CC(C)CN1CC(CCO)NCCC1C. The molecule has 0 saturated carbocycles. The molecule has 0 radical (unpaired) electrons. The standard InChI is InChI=1S/C12H26N2O/c1-10(2)8-14-9-12(5-7-15)13-6-4-11(14)3/h10-13,15H,4-9H2,1-3H3. The lowest BCUT2D eigenvalue weighted by Crippen LogP contribution is -2.42. The molecule has 2 unspecified atom stereocenters. The summed E-state index contributed by atoms with van der Waals surface area (Å²) in [7, 11) is 0. The van der Waals surface area contributed by atoms with Gasteiger partial charge in [-0.15, -0.1) is 0 Å². The van der Waals surface area contributed by atoms with Crippen LogP contribution in [0.3, 0.4) is 0 Å². The number of aliphatic hydroxyl groups excluding tert-OH is 1. The summed E-state index contributed by atoms with van der Waals surface area (Å²) in [6.45, 7) is 10.5. The molecule has 15 heavy (non-hydrogen) atoms. The molecule has 0 amide bonds. The van der Waals surface area contributed by atoms with Crippen molar-refractivity contribution in [3.8, 4) is 0 Å². The maximum Gasteiger partial charge on any atom is 0.0446 e. The van der Waals surface area contributed by atoms with Crippen LogP contribution in [0.1, 0.15) is 33.6 Å². The van der Waals surface area contributed by atoms with Gasteiger partial charge in [0.2, 0.25) is 0 Å². The van der Waals surface area contributed by atoms with Gasteiger partial charge < -0.3 is 10.4 Å². The van der Waals surface area contributed by atoms with E-state index in [0.29, 0.717) is 18.7 Å². The number of rotatable bonds is 4. The van der Waals surface area contributed by atoms with E-state index in [1.54, 1.807) is 0 Å². The predicted molar refractivity (Wildman–Crippen MR) is 64.0 cm³/mol. The quantitative estimate of drug-likeness (QED) is 0.735. The van der Waals surface area contributed by atoms with Crippen molar-refractivity contribution in [1.29, 1.82) is 0 Å². The molecule has 3 nitrogen and oxygen atoms in total.